The monoisotopic (exact) mass is 586 g/mol. The van der Waals surface area contributed by atoms with Crippen LogP contribution >= 0.6 is 5.69 Å². The van der Waals surface area contributed by atoms with E-state index in [9.17, 15) is 9.79 Å². The molecule has 180 valence electrons. The molecule has 0 rings (SSSR count). The van der Waals surface area contributed by atoms with Crippen molar-refractivity contribution in [1.82, 2.24) is 0 Å². The van der Waals surface area contributed by atoms with Crippen LogP contribution in [-0.4, -0.2) is 34.0 Å². The van der Waals surface area contributed by atoms with Crippen LogP contribution in [-0.2, 0) is 22.3 Å². The van der Waals surface area contributed by atoms with Crippen molar-refractivity contribution in [2.45, 2.75) is 141 Å². The molecule has 0 heterocycles. The molecule has 0 atom stereocenters. The summed E-state index contributed by atoms with van der Waals surface area (Å²) in [5.41, 5.74) is -3.56. The van der Waals surface area contributed by atoms with Gasteiger partial charge in [-0.05, 0) is 24.3 Å². The summed E-state index contributed by atoms with van der Waals surface area (Å²) in [6.07, 6.45) is 22.9. The van der Waals surface area contributed by atoms with E-state index in [1.807, 2.05) is 0 Å². The molecule has 0 aromatic rings. The van der Waals surface area contributed by atoms with Crippen molar-refractivity contribution >= 4 is 50.5 Å². The first kappa shape index (κ1) is 34.0. The molecule has 0 N–H and O–H groups in total. The molecule has 0 fully saturated rings. The van der Waals surface area contributed by atoms with Crippen molar-refractivity contribution in [3.63, 3.8) is 0 Å². The topological polar surface area (TPSA) is 46.1 Å². The Labute approximate surface area is 211 Å². The number of rotatable bonds is 20. The van der Waals surface area contributed by atoms with Crippen molar-refractivity contribution in [2.24, 2.45) is 0 Å². The minimum absolute atomic E-state index is 0.547. The van der Waals surface area contributed by atoms with Gasteiger partial charge in [0.25, 0.3) is 0 Å². The number of hydrogen-bond acceptors (Lipinski definition) is 3. The summed E-state index contributed by atoms with van der Waals surface area (Å²) in [7, 11) is -0.547. The van der Waals surface area contributed by atoms with Crippen molar-refractivity contribution in [2.75, 3.05) is 11.5 Å². The first-order chi connectivity index (χ1) is 14.4. The summed E-state index contributed by atoms with van der Waals surface area (Å²) >= 11 is 6.50. The third-order valence-corrected chi connectivity index (χ3v) is 13.4. The van der Waals surface area contributed by atoms with Crippen LogP contribution in [0.25, 0.3) is 0 Å². The van der Waals surface area contributed by atoms with Gasteiger partial charge in [0.2, 0.25) is 0 Å². The summed E-state index contributed by atoms with van der Waals surface area (Å²) < 4.78 is 1.43. The quantitative estimate of drug-likeness (QED) is 0.0657. The number of hydrogen-bond donors (Lipinski definition) is 0. The normalized spacial score (nSPS) is 11.6. The number of unbranched alkanes of at least 4 members (excludes halogenated alkanes) is 15. The first-order valence-electron chi connectivity index (χ1n) is 12.8. The maximum absolute atomic E-state index is 11.9. The van der Waals surface area contributed by atoms with Crippen molar-refractivity contribution < 1.29 is 9.79 Å². The van der Waals surface area contributed by atoms with Gasteiger partial charge >= 0.3 is 46.7 Å². The maximum atomic E-state index is 11.9. The molecule has 0 radical (unpaired) electrons. The summed E-state index contributed by atoms with van der Waals surface area (Å²) in [5.74, 6) is 1.63. The van der Waals surface area contributed by atoms with E-state index in [0.717, 1.165) is 24.3 Å². The van der Waals surface area contributed by atoms with E-state index in [0.29, 0.717) is 0 Å². The SMILES string of the molecule is CCCCCCCCCCS(CCCCCCCCCC)=P([O-])([O-])[S-].CCC[CH2][Sn+3]. The second kappa shape index (κ2) is 27.1. The van der Waals surface area contributed by atoms with E-state index in [-0.39, 0.29) is 0 Å². The molecule has 6 heteroatoms. The van der Waals surface area contributed by atoms with E-state index in [4.69, 9.17) is 12.2 Å². The second-order valence-corrected chi connectivity index (χ2v) is 17.6. The van der Waals surface area contributed by atoms with Crippen molar-refractivity contribution in [3.05, 3.63) is 0 Å². The van der Waals surface area contributed by atoms with Crippen LogP contribution in [0.2, 0.25) is 4.44 Å². The average molecular weight is 585 g/mol. The van der Waals surface area contributed by atoms with E-state index in [1.54, 1.807) is 22.5 Å². The molecule has 0 unspecified atom stereocenters. The summed E-state index contributed by atoms with van der Waals surface area (Å²) in [4.78, 5) is 23.7. The zero-order valence-electron chi connectivity index (χ0n) is 20.4. The Hall–Kier alpha value is 1.85. The first-order valence-corrected chi connectivity index (χ1v) is 19.6. The molecular weight excluding hydrogens is 534 g/mol. The van der Waals surface area contributed by atoms with Gasteiger partial charge in [0, 0.05) is 0 Å². The van der Waals surface area contributed by atoms with Gasteiger partial charge < -0.3 is 27.7 Å². The molecule has 0 spiro atoms. The Bertz CT molecular complexity index is 357. The Morgan fingerprint density at radius 3 is 1.10 bits per heavy atom. The minimum atomic E-state index is -3.56. The molecular formula is C24H51O2PS2Sn. The molecule has 0 bridgehead atoms. The van der Waals surface area contributed by atoms with Gasteiger partial charge in [0.1, 0.15) is 0 Å². The van der Waals surface area contributed by atoms with Gasteiger partial charge in [-0.3, -0.25) is 0 Å². The predicted molar refractivity (Wildman–Crippen MR) is 142 cm³/mol. The third-order valence-electron chi connectivity index (χ3n) is 5.31. The van der Waals surface area contributed by atoms with E-state index >= 15 is 0 Å². The Kier molecular flexibility index (Phi) is 30.7. The van der Waals surface area contributed by atoms with E-state index in [1.165, 1.54) is 107 Å². The van der Waals surface area contributed by atoms with Gasteiger partial charge in [-0.25, -0.2) is 10.1 Å². The molecule has 0 aliphatic heterocycles. The Balaban J connectivity index is 0. The second-order valence-electron chi connectivity index (χ2n) is 8.37. The van der Waals surface area contributed by atoms with Crippen LogP contribution in [0.4, 0.5) is 0 Å². The molecule has 0 aromatic heterocycles. The predicted octanol–water partition coefficient (Wildman–Crippen LogP) is 7.20. The van der Waals surface area contributed by atoms with Gasteiger partial charge in [0.15, 0.2) is 0 Å². The molecule has 0 amide bonds. The van der Waals surface area contributed by atoms with E-state index < -0.39 is 15.8 Å². The van der Waals surface area contributed by atoms with Gasteiger partial charge in [-0.15, -0.1) is 0 Å². The fraction of sp³-hybridized carbons (Fsp3) is 1.00. The summed E-state index contributed by atoms with van der Waals surface area (Å²) in [5, 5.41) is 0. The van der Waals surface area contributed by atoms with Crippen LogP contribution in [0.15, 0.2) is 0 Å². The standard InChI is InChI=1S/C20H42O2PS2.C4H9.Sn/c1-3-5-7-9-11-13-15-17-19-25(23(21,22)24)20-18-16-14-12-10-8-6-4-2;1-3-4-2;/h3-20H2,1-2H3;1,3-4H2,2H3;/q-3;;+3. The third kappa shape index (κ3) is 27.9. The van der Waals surface area contributed by atoms with Crippen LogP contribution in [0.5, 0.6) is 0 Å². The van der Waals surface area contributed by atoms with Crippen molar-refractivity contribution in [1.29, 1.82) is 0 Å². The van der Waals surface area contributed by atoms with Gasteiger partial charge in [0.05, 0.1) is 0 Å². The average Bonchev–Trinajstić information content (AvgIpc) is 2.70. The molecule has 0 saturated heterocycles. The molecule has 0 aromatic carbocycles. The Morgan fingerprint density at radius 2 is 0.867 bits per heavy atom. The molecule has 30 heavy (non-hydrogen) atoms. The van der Waals surface area contributed by atoms with Gasteiger partial charge in [-0.2, -0.15) is 0 Å². The van der Waals surface area contributed by atoms with Crippen molar-refractivity contribution in [3.8, 4) is 0 Å². The fourth-order valence-electron chi connectivity index (χ4n) is 3.31. The zero-order valence-corrected chi connectivity index (χ0v) is 25.8. The fourth-order valence-corrected chi connectivity index (χ4v) is 9.50. The molecule has 0 saturated carbocycles. The van der Waals surface area contributed by atoms with Crippen LogP contribution < -0.4 is 9.79 Å². The molecule has 0 aliphatic carbocycles. The molecule has 2 nitrogen and oxygen atoms in total. The summed E-state index contributed by atoms with van der Waals surface area (Å²) in [6.45, 7) is 6.71. The van der Waals surface area contributed by atoms with Crippen LogP contribution in [0.3, 0.4) is 0 Å². The molecule has 0 aliphatic rings. The van der Waals surface area contributed by atoms with Gasteiger partial charge in [-0.1, -0.05) is 104 Å². The Morgan fingerprint density at radius 1 is 0.567 bits per heavy atom. The van der Waals surface area contributed by atoms with Crippen LogP contribution in [0, 0.1) is 0 Å². The van der Waals surface area contributed by atoms with E-state index in [2.05, 4.69) is 20.8 Å². The summed E-state index contributed by atoms with van der Waals surface area (Å²) in [6, 6.07) is 0. The zero-order chi connectivity index (χ0) is 22.9. The van der Waals surface area contributed by atoms with Crippen LogP contribution in [0.1, 0.15) is 136 Å².